The third kappa shape index (κ3) is 4.46. The molecular weight excluding hydrogens is 360 g/mol. The summed E-state index contributed by atoms with van der Waals surface area (Å²) in [6, 6.07) is 8.35. The predicted octanol–water partition coefficient (Wildman–Crippen LogP) is 3.30. The van der Waals surface area contributed by atoms with Gasteiger partial charge in [-0.05, 0) is 43.4 Å². The Hall–Kier alpha value is -2.02. The summed E-state index contributed by atoms with van der Waals surface area (Å²) in [4.78, 5) is 14.9. The molecule has 1 aromatic heterocycles. The van der Waals surface area contributed by atoms with Crippen molar-refractivity contribution in [2.45, 2.75) is 62.8 Å². The fourth-order valence-corrected chi connectivity index (χ4v) is 4.38. The number of nitrogens with zero attached hydrogens (tertiary/aromatic N) is 4. The molecular formula is C20H26N4O2S. The number of hydrogen-bond acceptors (Lipinski definition) is 5. The highest BCUT2D eigenvalue weighted by Crippen LogP contribution is 2.30. The summed E-state index contributed by atoms with van der Waals surface area (Å²) in [6.45, 7) is 1.63. The summed E-state index contributed by atoms with van der Waals surface area (Å²) < 4.78 is 7.42. The average molecular weight is 387 g/mol. The van der Waals surface area contributed by atoms with E-state index in [1.165, 1.54) is 24.6 Å². The van der Waals surface area contributed by atoms with Crippen LogP contribution < -0.4 is 4.74 Å². The first-order chi connectivity index (χ1) is 13.2. The van der Waals surface area contributed by atoms with Gasteiger partial charge in [0.25, 0.3) is 0 Å². The molecule has 1 fully saturated rings. The van der Waals surface area contributed by atoms with Crippen LogP contribution in [0.3, 0.4) is 0 Å². The second-order valence-corrected chi connectivity index (χ2v) is 8.19. The molecule has 1 aromatic carbocycles. The van der Waals surface area contributed by atoms with E-state index in [1.807, 2.05) is 29.2 Å². The SMILES string of the molecule is COc1ccc(CN(C(=O)CSc2nnc3n2CCCCC3)C2CC2)cc1. The van der Waals surface area contributed by atoms with Crippen LogP contribution in [0.4, 0.5) is 0 Å². The topological polar surface area (TPSA) is 60.2 Å². The van der Waals surface area contributed by atoms with E-state index < -0.39 is 0 Å². The predicted molar refractivity (Wildman–Crippen MR) is 105 cm³/mol. The molecule has 4 rings (SSSR count). The lowest BCUT2D eigenvalue weighted by Gasteiger charge is -2.22. The quantitative estimate of drug-likeness (QED) is 0.684. The van der Waals surface area contributed by atoms with Gasteiger partial charge in [0.2, 0.25) is 5.91 Å². The lowest BCUT2D eigenvalue weighted by atomic mass is 10.2. The molecule has 1 aliphatic carbocycles. The Kier molecular flexibility index (Phi) is 5.66. The third-order valence-electron chi connectivity index (χ3n) is 5.22. The number of methoxy groups -OCH3 is 1. The van der Waals surface area contributed by atoms with Gasteiger partial charge >= 0.3 is 0 Å². The van der Waals surface area contributed by atoms with Gasteiger partial charge in [-0.15, -0.1) is 10.2 Å². The molecule has 144 valence electrons. The number of ether oxygens (including phenoxy) is 1. The van der Waals surface area contributed by atoms with Crippen molar-refractivity contribution < 1.29 is 9.53 Å². The smallest absolute Gasteiger partial charge is 0.233 e. The second kappa shape index (κ2) is 8.33. The molecule has 2 aromatic rings. The summed E-state index contributed by atoms with van der Waals surface area (Å²) in [5, 5.41) is 9.54. The maximum atomic E-state index is 12.9. The lowest BCUT2D eigenvalue weighted by molar-refractivity contribution is -0.129. The Morgan fingerprint density at radius 1 is 1.22 bits per heavy atom. The van der Waals surface area contributed by atoms with Crippen LogP contribution in [0.1, 0.15) is 43.5 Å². The first-order valence-corrected chi connectivity index (χ1v) is 10.7. The van der Waals surface area contributed by atoms with Gasteiger partial charge in [-0.3, -0.25) is 4.79 Å². The highest BCUT2D eigenvalue weighted by atomic mass is 32.2. The minimum atomic E-state index is 0.185. The molecule has 0 saturated heterocycles. The Labute approximate surface area is 164 Å². The van der Waals surface area contributed by atoms with Gasteiger partial charge in [-0.25, -0.2) is 0 Å². The van der Waals surface area contributed by atoms with Crippen LogP contribution in [0.5, 0.6) is 5.75 Å². The molecule has 0 bridgehead atoms. The maximum absolute atomic E-state index is 12.9. The summed E-state index contributed by atoms with van der Waals surface area (Å²) in [5.74, 6) is 2.51. The first kappa shape index (κ1) is 18.3. The second-order valence-electron chi connectivity index (χ2n) is 7.25. The molecule has 1 amide bonds. The van der Waals surface area contributed by atoms with E-state index in [9.17, 15) is 4.79 Å². The van der Waals surface area contributed by atoms with E-state index in [0.29, 0.717) is 18.3 Å². The molecule has 27 heavy (non-hydrogen) atoms. The van der Waals surface area contributed by atoms with Crippen LogP contribution in [-0.4, -0.2) is 44.5 Å². The van der Waals surface area contributed by atoms with Crippen molar-refractivity contribution in [1.82, 2.24) is 19.7 Å². The summed E-state index contributed by atoms with van der Waals surface area (Å²) >= 11 is 1.53. The number of benzene rings is 1. The average Bonchev–Trinajstić information content (AvgIpc) is 3.50. The molecule has 6 nitrogen and oxygen atoms in total. The van der Waals surface area contributed by atoms with Gasteiger partial charge in [0.15, 0.2) is 5.16 Å². The first-order valence-electron chi connectivity index (χ1n) is 9.72. The third-order valence-corrected chi connectivity index (χ3v) is 6.17. The van der Waals surface area contributed by atoms with Crippen molar-refractivity contribution >= 4 is 17.7 Å². The van der Waals surface area contributed by atoms with Gasteiger partial charge in [0.05, 0.1) is 12.9 Å². The number of thioether (sulfide) groups is 1. The van der Waals surface area contributed by atoms with Crippen LogP contribution in [0.25, 0.3) is 0 Å². The van der Waals surface area contributed by atoms with E-state index >= 15 is 0 Å². The number of aryl methyl sites for hydroxylation is 1. The number of hydrogen-bond donors (Lipinski definition) is 0. The fraction of sp³-hybridized carbons (Fsp3) is 0.550. The van der Waals surface area contributed by atoms with E-state index in [2.05, 4.69) is 14.8 Å². The van der Waals surface area contributed by atoms with Crippen LogP contribution in [-0.2, 0) is 24.3 Å². The standard InChI is InChI=1S/C20H26N4O2S/c1-26-17-10-6-15(7-11-17)13-24(16-8-9-16)19(25)14-27-20-22-21-18-5-3-2-4-12-23(18)20/h6-7,10-11,16H,2-5,8-9,12-14H2,1H3. The highest BCUT2D eigenvalue weighted by molar-refractivity contribution is 7.99. The van der Waals surface area contributed by atoms with E-state index in [0.717, 1.165) is 54.5 Å². The molecule has 7 heteroatoms. The number of carbonyl (C=O) groups is 1. The highest BCUT2D eigenvalue weighted by Gasteiger charge is 2.32. The monoisotopic (exact) mass is 386 g/mol. The zero-order valence-corrected chi connectivity index (χ0v) is 16.6. The zero-order chi connectivity index (χ0) is 18.6. The van der Waals surface area contributed by atoms with E-state index in [4.69, 9.17) is 4.74 Å². The molecule has 1 aliphatic heterocycles. The van der Waals surface area contributed by atoms with Crippen molar-refractivity contribution in [2.75, 3.05) is 12.9 Å². The van der Waals surface area contributed by atoms with Crippen molar-refractivity contribution in [3.63, 3.8) is 0 Å². The van der Waals surface area contributed by atoms with E-state index in [1.54, 1.807) is 7.11 Å². The summed E-state index contributed by atoms with van der Waals surface area (Å²) in [5.41, 5.74) is 1.14. The Balaban J connectivity index is 1.39. The van der Waals surface area contributed by atoms with Crippen molar-refractivity contribution in [1.29, 1.82) is 0 Å². The van der Waals surface area contributed by atoms with Gasteiger partial charge in [0.1, 0.15) is 11.6 Å². The Morgan fingerprint density at radius 2 is 2.04 bits per heavy atom. The number of aromatic nitrogens is 3. The van der Waals surface area contributed by atoms with Crippen molar-refractivity contribution in [3.8, 4) is 5.75 Å². The van der Waals surface area contributed by atoms with Crippen LogP contribution in [0, 0.1) is 0 Å². The van der Waals surface area contributed by atoms with Gasteiger partial charge in [0, 0.05) is 25.6 Å². The summed E-state index contributed by atoms with van der Waals surface area (Å²) in [7, 11) is 1.66. The fourth-order valence-electron chi connectivity index (χ4n) is 3.51. The van der Waals surface area contributed by atoms with Crippen molar-refractivity contribution in [3.05, 3.63) is 35.7 Å². The minimum Gasteiger partial charge on any atom is -0.497 e. The minimum absolute atomic E-state index is 0.185. The molecule has 0 spiro atoms. The van der Waals surface area contributed by atoms with Gasteiger partial charge in [-0.1, -0.05) is 30.3 Å². The number of rotatable bonds is 7. The Morgan fingerprint density at radius 3 is 2.78 bits per heavy atom. The summed E-state index contributed by atoms with van der Waals surface area (Å²) in [6.07, 6.45) is 6.79. The Bertz CT molecular complexity index is 786. The van der Waals surface area contributed by atoms with Crippen LogP contribution in [0.15, 0.2) is 29.4 Å². The normalized spacial score (nSPS) is 16.5. The number of amides is 1. The van der Waals surface area contributed by atoms with Crippen LogP contribution in [0.2, 0.25) is 0 Å². The maximum Gasteiger partial charge on any atom is 0.233 e. The largest absolute Gasteiger partial charge is 0.497 e. The van der Waals surface area contributed by atoms with Crippen molar-refractivity contribution in [2.24, 2.45) is 0 Å². The molecule has 0 N–H and O–H groups in total. The lowest BCUT2D eigenvalue weighted by Crippen LogP contribution is -2.34. The molecule has 2 heterocycles. The molecule has 1 saturated carbocycles. The number of carbonyl (C=O) groups excluding carboxylic acids is 1. The van der Waals surface area contributed by atoms with Gasteiger partial charge in [-0.2, -0.15) is 0 Å². The molecule has 0 radical (unpaired) electrons. The molecule has 2 aliphatic rings. The molecule has 0 unspecified atom stereocenters. The van der Waals surface area contributed by atoms with E-state index in [-0.39, 0.29) is 5.91 Å². The van der Waals surface area contributed by atoms with Crippen LogP contribution >= 0.6 is 11.8 Å². The zero-order valence-electron chi connectivity index (χ0n) is 15.8. The number of fused-ring (bicyclic) bond motifs is 1. The molecule has 0 atom stereocenters. The van der Waals surface area contributed by atoms with Gasteiger partial charge < -0.3 is 14.2 Å².